The molecule has 0 saturated heterocycles. The number of aliphatic hydroxyl groups excluding tert-OH is 1. The van der Waals surface area contributed by atoms with Crippen LogP contribution in [0.25, 0.3) is 5.78 Å². The molecule has 0 atom stereocenters. The van der Waals surface area contributed by atoms with Crippen LogP contribution in [0.3, 0.4) is 0 Å². The number of hydrogen-bond acceptors (Lipinski definition) is 6. The molecule has 3 aromatic rings. The Morgan fingerprint density at radius 3 is 2.85 bits per heavy atom. The van der Waals surface area contributed by atoms with Crippen LogP contribution >= 0.6 is 0 Å². The second-order valence-electron chi connectivity index (χ2n) is 6.63. The average molecular weight is 355 g/mol. The third kappa shape index (κ3) is 3.05. The molecule has 0 aromatic carbocycles. The van der Waals surface area contributed by atoms with Crippen LogP contribution in [-0.4, -0.2) is 51.8 Å². The standard InChI is InChI=1S/C17H21N7O2/c1-11-6-12(2)24-17(18-11)19-15(21-24)8-16(26)22-4-3-5-23-14(9-22)7-13(10-25)20-23/h6-7,25H,3-5,8-10H2,1-2H3. The Balaban J connectivity index is 1.53. The number of carbonyl (C=O) groups is 1. The smallest absolute Gasteiger partial charge is 0.252 e. The van der Waals surface area contributed by atoms with E-state index >= 15 is 0 Å². The Kier molecular flexibility index (Phi) is 4.15. The Morgan fingerprint density at radius 2 is 2.04 bits per heavy atom. The van der Waals surface area contributed by atoms with E-state index in [0.717, 1.165) is 30.0 Å². The first kappa shape index (κ1) is 16.6. The van der Waals surface area contributed by atoms with Crippen LogP contribution in [0.5, 0.6) is 0 Å². The van der Waals surface area contributed by atoms with Gasteiger partial charge < -0.3 is 10.0 Å². The topological polar surface area (TPSA) is 101 Å². The van der Waals surface area contributed by atoms with Gasteiger partial charge in [-0.2, -0.15) is 10.1 Å². The van der Waals surface area contributed by atoms with Crippen molar-refractivity contribution in [2.75, 3.05) is 6.54 Å². The normalized spacial score (nSPS) is 14.5. The lowest BCUT2D eigenvalue weighted by molar-refractivity contribution is -0.131. The Morgan fingerprint density at radius 1 is 1.19 bits per heavy atom. The summed E-state index contributed by atoms with van der Waals surface area (Å²) in [5, 5.41) is 18.0. The summed E-state index contributed by atoms with van der Waals surface area (Å²) in [6, 6.07) is 3.78. The van der Waals surface area contributed by atoms with Crippen molar-refractivity contribution in [1.29, 1.82) is 0 Å². The summed E-state index contributed by atoms with van der Waals surface area (Å²) in [5.41, 5.74) is 3.39. The van der Waals surface area contributed by atoms with Crippen molar-refractivity contribution in [3.63, 3.8) is 0 Å². The van der Waals surface area contributed by atoms with Crippen molar-refractivity contribution in [2.45, 2.75) is 46.4 Å². The van der Waals surface area contributed by atoms with Crippen molar-refractivity contribution in [3.8, 4) is 0 Å². The number of fused-ring (bicyclic) bond motifs is 2. The van der Waals surface area contributed by atoms with Gasteiger partial charge in [0.15, 0.2) is 5.82 Å². The molecule has 9 nitrogen and oxygen atoms in total. The molecule has 0 bridgehead atoms. The molecule has 1 amide bonds. The summed E-state index contributed by atoms with van der Waals surface area (Å²) in [6.45, 7) is 5.65. The van der Waals surface area contributed by atoms with E-state index in [-0.39, 0.29) is 18.9 Å². The number of amides is 1. The van der Waals surface area contributed by atoms with Crippen LogP contribution in [-0.2, 0) is 30.9 Å². The van der Waals surface area contributed by atoms with Crippen molar-refractivity contribution in [1.82, 2.24) is 34.3 Å². The maximum Gasteiger partial charge on any atom is 0.252 e. The molecule has 9 heteroatoms. The highest BCUT2D eigenvalue weighted by Gasteiger charge is 2.22. The van der Waals surface area contributed by atoms with E-state index in [1.807, 2.05) is 30.7 Å². The van der Waals surface area contributed by atoms with E-state index in [4.69, 9.17) is 0 Å². The highest BCUT2D eigenvalue weighted by molar-refractivity contribution is 5.78. The lowest BCUT2D eigenvalue weighted by atomic mass is 10.3. The molecular formula is C17H21N7O2. The van der Waals surface area contributed by atoms with Crippen molar-refractivity contribution in [2.24, 2.45) is 0 Å². The predicted molar refractivity (Wildman–Crippen MR) is 92.1 cm³/mol. The predicted octanol–water partition coefficient (Wildman–Crippen LogP) is 0.405. The zero-order chi connectivity index (χ0) is 18.3. The largest absolute Gasteiger partial charge is 0.390 e. The third-order valence-corrected chi connectivity index (χ3v) is 4.55. The number of nitrogens with zero attached hydrogens (tertiary/aromatic N) is 7. The van der Waals surface area contributed by atoms with E-state index in [1.165, 1.54) is 0 Å². The van der Waals surface area contributed by atoms with Crippen LogP contribution in [0.4, 0.5) is 0 Å². The minimum absolute atomic E-state index is 0.0181. The Labute approximate surface area is 150 Å². The van der Waals surface area contributed by atoms with E-state index in [9.17, 15) is 9.90 Å². The summed E-state index contributed by atoms with van der Waals surface area (Å²) in [5.74, 6) is 0.979. The molecule has 136 valence electrons. The molecular weight excluding hydrogens is 334 g/mol. The quantitative estimate of drug-likeness (QED) is 0.730. The molecule has 1 N–H and O–H groups in total. The lowest BCUT2D eigenvalue weighted by Gasteiger charge is -2.19. The van der Waals surface area contributed by atoms with Gasteiger partial charge in [-0.15, -0.1) is 5.10 Å². The summed E-state index contributed by atoms with van der Waals surface area (Å²) >= 11 is 0. The Bertz CT molecular complexity index is 975. The molecule has 0 saturated carbocycles. The van der Waals surface area contributed by atoms with Gasteiger partial charge in [-0.3, -0.25) is 9.48 Å². The third-order valence-electron chi connectivity index (χ3n) is 4.55. The molecule has 26 heavy (non-hydrogen) atoms. The number of hydrogen-bond donors (Lipinski definition) is 1. The molecule has 4 heterocycles. The zero-order valence-corrected chi connectivity index (χ0v) is 14.9. The SMILES string of the molecule is Cc1cc(C)n2nc(CC(=O)N3CCCn4nc(CO)cc4C3)nc2n1. The molecule has 1 aliphatic heterocycles. The summed E-state index contributed by atoms with van der Waals surface area (Å²) < 4.78 is 3.54. The van der Waals surface area contributed by atoms with Crippen LogP contribution < -0.4 is 0 Å². The summed E-state index contributed by atoms with van der Waals surface area (Å²) in [6.07, 6.45) is 0.965. The zero-order valence-electron chi connectivity index (χ0n) is 14.9. The second kappa shape index (κ2) is 6.49. The van der Waals surface area contributed by atoms with E-state index in [2.05, 4.69) is 20.2 Å². The molecule has 1 aliphatic rings. The van der Waals surface area contributed by atoms with E-state index in [0.29, 0.717) is 30.4 Å². The molecule has 0 unspecified atom stereocenters. The number of carbonyl (C=O) groups excluding carboxylic acids is 1. The number of aliphatic hydroxyl groups is 1. The molecule has 3 aromatic heterocycles. The van der Waals surface area contributed by atoms with Gasteiger partial charge in [-0.1, -0.05) is 0 Å². The molecule has 0 radical (unpaired) electrons. The highest BCUT2D eigenvalue weighted by atomic mass is 16.3. The van der Waals surface area contributed by atoms with Gasteiger partial charge in [0.2, 0.25) is 5.91 Å². The fourth-order valence-corrected chi connectivity index (χ4v) is 3.34. The van der Waals surface area contributed by atoms with Crippen LogP contribution in [0, 0.1) is 13.8 Å². The van der Waals surface area contributed by atoms with Gasteiger partial charge in [0.05, 0.1) is 31.0 Å². The highest BCUT2D eigenvalue weighted by Crippen LogP contribution is 2.15. The first-order valence-electron chi connectivity index (χ1n) is 8.67. The van der Waals surface area contributed by atoms with Gasteiger partial charge in [0.25, 0.3) is 5.78 Å². The second-order valence-corrected chi connectivity index (χ2v) is 6.63. The summed E-state index contributed by atoms with van der Waals surface area (Å²) in [4.78, 5) is 23.3. The Hall–Kier alpha value is -2.81. The fourth-order valence-electron chi connectivity index (χ4n) is 3.34. The van der Waals surface area contributed by atoms with Crippen molar-refractivity contribution in [3.05, 3.63) is 40.7 Å². The first-order valence-corrected chi connectivity index (χ1v) is 8.67. The molecule has 0 aliphatic carbocycles. The minimum atomic E-state index is -0.0924. The van der Waals surface area contributed by atoms with Gasteiger partial charge in [0, 0.05) is 24.5 Å². The van der Waals surface area contributed by atoms with Crippen molar-refractivity contribution < 1.29 is 9.90 Å². The van der Waals surface area contributed by atoms with Crippen LogP contribution in [0.1, 0.15) is 35.0 Å². The maximum atomic E-state index is 12.8. The molecule has 0 fully saturated rings. The van der Waals surface area contributed by atoms with Gasteiger partial charge in [0.1, 0.15) is 0 Å². The van der Waals surface area contributed by atoms with Crippen molar-refractivity contribution >= 4 is 11.7 Å². The van der Waals surface area contributed by atoms with E-state index in [1.54, 1.807) is 9.42 Å². The minimum Gasteiger partial charge on any atom is -0.390 e. The first-order chi connectivity index (χ1) is 12.5. The van der Waals surface area contributed by atoms with Crippen LogP contribution in [0.2, 0.25) is 0 Å². The van der Waals surface area contributed by atoms with Gasteiger partial charge in [-0.05, 0) is 32.4 Å². The van der Waals surface area contributed by atoms with Gasteiger partial charge in [-0.25, -0.2) is 9.50 Å². The average Bonchev–Trinajstić information content (AvgIpc) is 3.12. The number of rotatable bonds is 3. The molecule has 4 rings (SSSR count). The maximum absolute atomic E-state index is 12.8. The van der Waals surface area contributed by atoms with Gasteiger partial charge >= 0.3 is 0 Å². The van der Waals surface area contributed by atoms with Crippen LogP contribution in [0.15, 0.2) is 12.1 Å². The number of aryl methyl sites for hydroxylation is 3. The number of aromatic nitrogens is 6. The van der Waals surface area contributed by atoms with E-state index < -0.39 is 0 Å². The molecule has 0 spiro atoms. The monoisotopic (exact) mass is 355 g/mol. The fraction of sp³-hybridized carbons (Fsp3) is 0.471. The lowest BCUT2D eigenvalue weighted by Crippen LogP contribution is -2.32. The summed E-state index contributed by atoms with van der Waals surface area (Å²) in [7, 11) is 0.